The number of rotatable bonds is 7. The van der Waals surface area contributed by atoms with Gasteiger partial charge in [0.2, 0.25) is 0 Å². The van der Waals surface area contributed by atoms with E-state index in [1.54, 1.807) is 11.3 Å². The zero-order chi connectivity index (χ0) is 14.4. The summed E-state index contributed by atoms with van der Waals surface area (Å²) >= 11 is 1.77. The molecule has 0 aliphatic heterocycles. The molecule has 0 unspecified atom stereocenters. The van der Waals surface area contributed by atoms with Gasteiger partial charge in [-0.15, -0.1) is 11.3 Å². The summed E-state index contributed by atoms with van der Waals surface area (Å²) in [7, 11) is 0. The first-order chi connectivity index (χ1) is 9.74. The van der Waals surface area contributed by atoms with Crippen LogP contribution in [0.2, 0.25) is 0 Å². The highest BCUT2D eigenvalue weighted by Crippen LogP contribution is 2.30. The van der Waals surface area contributed by atoms with Crippen molar-refractivity contribution in [2.75, 3.05) is 18.5 Å². The van der Waals surface area contributed by atoms with Crippen LogP contribution in [0.4, 0.5) is 5.69 Å². The Morgan fingerprint density at radius 2 is 1.90 bits per heavy atom. The van der Waals surface area contributed by atoms with Crippen LogP contribution in [-0.4, -0.2) is 13.2 Å². The normalized spacial score (nSPS) is 10.3. The van der Waals surface area contributed by atoms with Crippen molar-refractivity contribution in [3.8, 4) is 11.5 Å². The van der Waals surface area contributed by atoms with Crippen LogP contribution >= 0.6 is 11.3 Å². The zero-order valence-corrected chi connectivity index (χ0v) is 13.0. The first-order valence-corrected chi connectivity index (χ1v) is 7.79. The van der Waals surface area contributed by atoms with Crippen molar-refractivity contribution in [3.05, 3.63) is 40.1 Å². The van der Waals surface area contributed by atoms with Crippen LogP contribution in [0.5, 0.6) is 11.5 Å². The number of hydrogen-bond acceptors (Lipinski definition) is 4. The quantitative estimate of drug-likeness (QED) is 0.816. The Morgan fingerprint density at radius 3 is 2.55 bits per heavy atom. The van der Waals surface area contributed by atoms with Gasteiger partial charge in [-0.1, -0.05) is 0 Å². The molecule has 0 saturated carbocycles. The lowest BCUT2D eigenvalue weighted by Gasteiger charge is -2.14. The van der Waals surface area contributed by atoms with Gasteiger partial charge in [-0.05, 0) is 49.9 Å². The summed E-state index contributed by atoms with van der Waals surface area (Å²) in [6.07, 6.45) is 0. The summed E-state index contributed by atoms with van der Waals surface area (Å²) in [6.45, 7) is 8.23. The molecule has 0 saturated heterocycles. The third kappa shape index (κ3) is 3.67. The molecule has 1 aromatic carbocycles. The van der Waals surface area contributed by atoms with Crippen LogP contribution in [0.1, 0.15) is 24.3 Å². The molecule has 0 aliphatic carbocycles. The van der Waals surface area contributed by atoms with E-state index in [0.717, 1.165) is 23.7 Å². The molecule has 0 fully saturated rings. The fraction of sp³-hybridized carbons (Fsp3) is 0.375. The van der Waals surface area contributed by atoms with E-state index in [1.807, 2.05) is 32.0 Å². The minimum Gasteiger partial charge on any atom is -0.494 e. The highest BCUT2D eigenvalue weighted by atomic mass is 32.1. The number of anilines is 1. The molecule has 0 amide bonds. The molecule has 0 atom stereocenters. The van der Waals surface area contributed by atoms with Crippen LogP contribution in [-0.2, 0) is 6.54 Å². The van der Waals surface area contributed by atoms with E-state index in [4.69, 9.17) is 9.47 Å². The molecule has 4 heteroatoms. The van der Waals surface area contributed by atoms with E-state index in [0.29, 0.717) is 13.2 Å². The van der Waals surface area contributed by atoms with Gasteiger partial charge in [0, 0.05) is 17.5 Å². The lowest BCUT2D eigenvalue weighted by atomic mass is 10.2. The van der Waals surface area contributed by atoms with Gasteiger partial charge >= 0.3 is 0 Å². The Balaban J connectivity index is 2.14. The number of benzene rings is 1. The number of aryl methyl sites for hydroxylation is 1. The van der Waals surface area contributed by atoms with Crippen molar-refractivity contribution in [2.24, 2.45) is 0 Å². The fourth-order valence-corrected chi connectivity index (χ4v) is 2.79. The second-order valence-electron chi connectivity index (χ2n) is 4.40. The van der Waals surface area contributed by atoms with Crippen LogP contribution < -0.4 is 14.8 Å². The largest absolute Gasteiger partial charge is 0.494 e. The van der Waals surface area contributed by atoms with Gasteiger partial charge < -0.3 is 14.8 Å². The molecule has 0 bridgehead atoms. The summed E-state index contributed by atoms with van der Waals surface area (Å²) < 4.78 is 11.2. The molecular formula is C16H21NO2S. The van der Waals surface area contributed by atoms with Gasteiger partial charge in [0.05, 0.1) is 18.9 Å². The Hall–Kier alpha value is -1.68. The highest BCUT2D eigenvalue weighted by Gasteiger charge is 2.07. The van der Waals surface area contributed by atoms with Crippen LogP contribution in [0.25, 0.3) is 0 Å². The van der Waals surface area contributed by atoms with Gasteiger partial charge in [0.25, 0.3) is 0 Å². The van der Waals surface area contributed by atoms with Crippen molar-refractivity contribution in [3.63, 3.8) is 0 Å². The topological polar surface area (TPSA) is 30.5 Å². The first-order valence-electron chi connectivity index (χ1n) is 6.91. The third-order valence-electron chi connectivity index (χ3n) is 2.97. The predicted molar refractivity (Wildman–Crippen MR) is 85.2 cm³/mol. The standard InChI is InChI=1S/C16H21NO2S/c1-4-18-13-6-7-15(19-5-2)14(10-13)17-11-16-12(3)8-9-20-16/h6-10,17H,4-5,11H2,1-3H3. The minimum absolute atomic E-state index is 0.653. The second-order valence-corrected chi connectivity index (χ2v) is 5.41. The molecule has 108 valence electrons. The van der Waals surface area contributed by atoms with E-state index < -0.39 is 0 Å². The zero-order valence-electron chi connectivity index (χ0n) is 12.2. The van der Waals surface area contributed by atoms with E-state index in [9.17, 15) is 0 Å². The van der Waals surface area contributed by atoms with Gasteiger partial charge in [-0.3, -0.25) is 0 Å². The number of hydrogen-bond donors (Lipinski definition) is 1. The summed E-state index contributed by atoms with van der Waals surface area (Å²) in [6, 6.07) is 8.04. The number of ether oxygens (including phenoxy) is 2. The fourth-order valence-electron chi connectivity index (χ4n) is 1.95. The van der Waals surface area contributed by atoms with Crippen molar-refractivity contribution < 1.29 is 9.47 Å². The maximum atomic E-state index is 5.66. The molecule has 2 aromatic rings. The Labute approximate surface area is 124 Å². The van der Waals surface area contributed by atoms with Crippen LogP contribution in [0, 0.1) is 6.92 Å². The Morgan fingerprint density at radius 1 is 1.10 bits per heavy atom. The molecule has 1 aromatic heterocycles. The predicted octanol–water partition coefficient (Wildman–Crippen LogP) is 4.47. The molecule has 1 N–H and O–H groups in total. The molecule has 0 spiro atoms. The molecule has 1 heterocycles. The smallest absolute Gasteiger partial charge is 0.142 e. The maximum Gasteiger partial charge on any atom is 0.142 e. The van der Waals surface area contributed by atoms with Crippen LogP contribution in [0.3, 0.4) is 0 Å². The van der Waals surface area contributed by atoms with Gasteiger partial charge in [-0.25, -0.2) is 0 Å². The average Bonchev–Trinajstić information content (AvgIpc) is 2.85. The SMILES string of the molecule is CCOc1ccc(OCC)c(NCc2sccc2C)c1. The molecule has 2 rings (SSSR count). The minimum atomic E-state index is 0.653. The van der Waals surface area contributed by atoms with E-state index >= 15 is 0 Å². The summed E-state index contributed by atoms with van der Waals surface area (Å²) in [5.74, 6) is 1.73. The maximum absolute atomic E-state index is 5.66. The van der Waals surface area contributed by atoms with Crippen molar-refractivity contribution in [2.45, 2.75) is 27.3 Å². The summed E-state index contributed by atoms with van der Waals surface area (Å²) in [5.41, 5.74) is 2.30. The molecule has 0 aliphatic rings. The number of nitrogens with one attached hydrogen (secondary N) is 1. The molecular weight excluding hydrogens is 270 g/mol. The second kappa shape index (κ2) is 7.20. The molecule has 0 radical (unpaired) electrons. The van der Waals surface area contributed by atoms with Crippen molar-refractivity contribution >= 4 is 17.0 Å². The van der Waals surface area contributed by atoms with Gasteiger partial charge in [0.1, 0.15) is 11.5 Å². The summed E-state index contributed by atoms with van der Waals surface area (Å²) in [5, 5.41) is 5.56. The number of thiophene rings is 1. The third-order valence-corrected chi connectivity index (χ3v) is 3.99. The Kier molecular flexibility index (Phi) is 5.30. The highest BCUT2D eigenvalue weighted by molar-refractivity contribution is 7.10. The van der Waals surface area contributed by atoms with Gasteiger partial charge in [0.15, 0.2) is 0 Å². The monoisotopic (exact) mass is 291 g/mol. The Bertz CT molecular complexity index is 551. The first kappa shape index (κ1) is 14.7. The van der Waals surface area contributed by atoms with Crippen LogP contribution in [0.15, 0.2) is 29.6 Å². The summed E-state index contributed by atoms with van der Waals surface area (Å²) in [4.78, 5) is 1.34. The average molecular weight is 291 g/mol. The van der Waals surface area contributed by atoms with E-state index in [2.05, 4.69) is 23.7 Å². The van der Waals surface area contributed by atoms with E-state index in [-0.39, 0.29) is 0 Å². The van der Waals surface area contributed by atoms with Crippen molar-refractivity contribution in [1.29, 1.82) is 0 Å². The lowest BCUT2D eigenvalue weighted by molar-refractivity contribution is 0.332. The van der Waals surface area contributed by atoms with Gasteiger partial charge in [-0.2, -0.15) is 0 Å². The van der Waals surface area contributed by atoms with Crippen molar-refractivity contribution in [1.82, 2.24) is 0 Å². The molecule has 3 nitrogen and oxygen atoms in total. The lowest BCUT2D eigenvalue weighted by Crippen LogP contribution is -2.03. The molecule has 20 heavy (non-hydrogen) atoms. The van der Waals surface area contributed by atoms with E-state index in [1.165, 1.54) is 10.4 Å².